The van der Waals surface area contributed by atoms with Gasteiger partial charge in [-0.3, -0.25) is 14.3 Å². The molecule has 2 unspecified atom stereocenters. The summed E-state index contributed by atoms with van der Waals surface area (Å²) in [6.45, 7) is 2.99. The van der Waals surface area contributed by atoms with E-state index >= 15 is 0 Å². The van der Waals surface area contributed by atoms with E-state index in [1.165, 1.54) is 28.2 Å². The topological polar surface area (TPSA) is 137 Å². The Hall–Kier alpha value is -6.62. The average Bonchev–Trinajstić information content (AvgIpc) is 3.68. The lowest BCUT2D eigenvalue weighted by molar-refractivity contribution is -0.122. The second-order valence-electron chi connectivity index (χ2n) is 16.7. The smallest absolute Gasteiger partial charge is 0.282 e. The summed E-state index contributed by atoms with van der Waals surface area (Å²) in [6, 6.07) is 18.0. The number of thiazole rings is 1. The highest BCUT2D eigenvalue weighted by Crippen LogP contribution is 2.55. The SMILES string of the molecule is O=C(Cn1nc(C(F)F)c2c1C1CC1CC2)N[C@@H](Cc1cc(F)cc(F)c1)c1nc2nc(N3CCN(c4ccc(-c5ncc[nH]5)cc4)CC3)sc2cc1-c1ccc2c(c1)C(=O)NC2. The first-order valence-corrected chi connectivity index (χ1v) is 21.9. The van der Waals surface area contributed by atoms with E-state index in [9.17, 15) is 27.2 Å². The molecule has 17 heteroatoms. The van der Waals surface area contributed by atoms with E-state index in [2.05, 4.69) is 59.8 Å². The third kappa shape index (κ3) is 7.47. The third-order valence-corrected chi connectivity index (χ3v) is 13.8. The molecule has 2 fully saturated rings. The number of H-pyrrole nitrogens is 1. The van der Waals surface area contributed by atoms with Crippen molar-refractivity contribution in [2.24, 2.45) is 5.92 Å². The second-order valence-corrected chi connectivity index (χ2v) is 17.7. The van der Waals surface area contributed by atoms with Gasteiger partial charge in [0.1, 0.15) is 29.7 Å². The Morgan fingerprint density at radius 1 is 0.905 bits per heavy atom. The number of halogens is 4. The zero-order valence-electron chi connectivity index (χ0n) is 33.8. The highest BCUT2D eigenvalue weighted by atomic mass is 32.1. The molecule has 2 aliphatic carbocycles. The van der Waals surface area contributed by atoms with E-state index in [4.69, 9.17) is 9.97 Å². The number of aromatic nitrogens is 6. The van der Waals surface area contributed by atoms with E-state index < -0.39 is 30.0 Å². The fourth-order valence-electron chi connectivity index (χ4n) is 9.57. The number of anilines is 2. The van der Waals surface area contributed by atoms with Gasteiger partial charge in [0.2, 0.25) is 5.91 Å². The van der Waals surface area contributed by atoms with Gasteiger partial charge in [-0.2, -0.15) is 10.1 Å². The summed E-state index contributed by atoms with van der Waals surface area (Å²) in [5.74, 6) is -1.00. The van der Waals surface area contributed by atoms with Gasteiger partial charge < -0.3 is 25.4 Å². The molecule has 11 rings (SSSR count). The molecule has 320 valence electrons. The quantitative estimate of drug-likeness (QED) is 0.112. The van der Waals surface area contributed by atoms with Crippen molar-refractivity contribution in [3.63, 3.8) is 0 Å². The maximum Gasteiger partial charge on any atom is 0.282 e. The summed E-state index contributed by atoms with van der Waals surface area (Å²) >= 11 is 1.49. The number of imidazole rings is 1. The first-order chi connectivity index (χ1) is 30.6. The number of rotatable bonds is 11. The minimum Gasteiger partial charge on any atom is -0.368 e. The van der Waals surface area contributed by atoms with Crippen LogP contribution < -0.4 is 20.4 Å². The van der Waals surface area contributed by atoms with Gasteiger partial charge >= 0.3 is 0 Å². The van der Waals surface area contributed by atoms with E-state index in [1.54, 1.807) is 18.5 Å². The van der Waals surface area contributed by atoms with Crippen molar-refractivity contribution in [2.45, 2.75) is 57.2 Å². The van der Waals surface area contributed by atoms with Gasteiger partial charge in [-0.1, -0.05) is 23.5 Å². The molecule has 6 heterocycles. The van der Waals surface area contributed by atoms with Gasteiger partial charge in [0.15, 0.2) is 10.8 Å². The number of hydrogen-bond donors (Lipinski definition) is 3. The van der Waals surface area contributed by atoms with Crippen molar-refractivity contribution in [3.05, 3.63) is 130 Å². The molecule has 63 heavy (non-hydrogen) atoms. The molecule has 0 radical (unpaired) electrons. The summed E-state index contributed by atoms with van der Waals surface area (Å²) in [7, 11) is 0. The lowest BCUT2D eigenvalue weighted by Crippen LogP contribution is -2.46. The Balaban J connectivity index is 0.939. The van der Waals surface area contributed by atoms with E-state index in [-0.39, 0.29) is 36.0 Å². The number of carbonyl (C=O) groups is 2. The third-order valence-electron chi connectivity index (χ3n) is 12.8. The summed E-state index contributed by atoms with van der Waals surface area (Å²) < 4.78 is 60.0. The number of hydrogen-bond acceptors (Lipinski definition) is 9. The van der Waals surface area contributed by atoms with Crippen molar-refractivity contribution >= 4 is 44.3 Å². The van der Waals surface area contributed by atoms with Crippen LogP contribution in [0.15, 0.2) is 79.1 Å². The number of amides is 2. The largest absolute Gasteiger partial charge is 0.368 e. The first-order valence-electron chi connectivity index (χ1n) is 21.1. The number of fused-ring (bicyclic) bond motifs is 5. The molecule has 7 aromatic rings. The van der Waals surface area contributed by atoms with Gasteiger partial charge in [0.05, 0.1) is 16.4 Å². The molecule has 1 saturated carbocycles. The normalized spacial score (nSPS) is 18.3. The van der Waals surface area contributed by atoms with Crippen molar-refractivity contribution in [1.29, 1.82) is 0 Å². The van der Waals surface area contributed by atoms with Gasteiger partial charge in [-0.15, -0.1) is 0 Å². The Kier molecular flexibility index (Phi) is 9.73. The van der Waals surface area contributed by atoms with Crippen LogP contribution in [0.3, 0.4) is 0 Å². The minimum absolute atomic E-state index is 0.0665. The molecule has 2 aliphatic heterocycles. The number of alkyl halides is 2. The second kappa shape index (κ2) is 15.6. The van der Waals surface area contributed by atoms with E-state index in [0.717, 1.165) is 64.5 Å². The van der Waals surface area contributed by atoms with Gasteiger partial charge in [0.25, 0.3) is 12.3 Å². The molecule has 3 aromatic carbocycles. The zero-order valence-corrected chi connectivity index (χ0v) is 34.6. The molecular formula is C46H40F4N10O2S. The number of nitrogens with one attached hydrogen (secondary N) is 3. The monoisotopic (exact) mass is 872 g/mol. The Morgan fingerprint density at radius 2 is 1.68 bits per heavy atom. The molecule has 2 amide bonds. The average molecular weight is 873 g/mol. The minimum atomic E-state index is -2.78. The van der Waals surface area contributed by atoms with Crippen LogP contribution in [0, 0.1) is 17.6 Å². The number of piperazine rings is 1. The van der Waals surface area contributed by atoms with Crippen LogP contribution in [0.5, 0.6) is 0 Å². The summed E-state index contributed by atoms with van der Waals surface area (Å²) in [4.78, 5) is 49.3. The summed E-state index contributed by atoms with van der Waals surface area (Å²) in [6.07, 6.45) is 2.86. The van der Waals surface area contributed by atoms with Crippen molar-refractivity contribution < 1.29 is 27.2 Å². The number of pyridine rings is 1. The van der Waals surface area contributed by atoms with Gasteiger partial charge in [-0.05, 0) is 96.8 Å². The Morgan fingerprint density at radius 3 is 2.44 bits per heavy atom. The highest BCUT2D eigenvalue weighted by Gasteiger charge is 2.47. The van der Waals surface area contributed by atoms with E-state index in [0.29, 0.717) is 71.3 Å². The fourth-order valence-corrected chi connectivity index (χ4v) is 10.6. The predicted octanol–water partition coefficient (Wildman–Crippen LogP) is 7.88. The molecule has 12 nitrogen and oxygen atoms in total. The van der Waals surface area contributed by atoms with Crippen LogP contribution in [-0.4, -0.2) is 67.7 Å². The highest BCUT2D eigenvalue weighted by molar-refractivity contribution is 7.22. The number of benzene rings is 3. The fraction of sp³-hybridized carbons (Fsp3) is 0.304. The lowest BCUT2D eigenvalue weighted by atomic mass is 9.93. The maximum absolute atomic E-state index is 14.7. The number of aromatic amines is 1. The standard InChI is InChI=1S/C46H40F4N10O2S/c47-29-15-24(16-30(48)20-29)17-36(54-38(61)23-60-41-32(40(57-60)42(49)50)8-5-27-18-34(27)41)39-33(26-1-2-28-22-53-45(62)35(28)19-26)21-37-44(55-39)56-46(63-37)59-13-11-58(12-14-59)31-6-3-25(4-7-31)43-51-9-10-52-43/h1-4,6-7,9-10,15-16,19-21,27,34,36,42H,5,8,11-14,17-18,22-23H2,(H,51,52)(H,53,62)(H,54,61)/t27?,34?,36-/m0/s1. The van der Waals surface area contributed by atoms with E-state index in [1.807, 2.05) is 18.2 Å². The van der Waals surface area contributed by atoms with Crippen LogP contribution >= 0.6 is 11.3 Å². The molecule has 0 spiro atoms. The number of carbonyl (C=O) groups excluding carboxylic acids is 2. The molecule has 4 aromatic heterocycles. The molecule has 4 aliphatic rings. The summed E-state index contributed by atoms with van der Waals surface area (Å²) in [5, 5.41) is 11.0. The number of nitrogens with zero attached hydrogens (tertiary/aromatic N) is 7. The van der Waals surface area contributed by atoms with Gasteiger partial charge in [0, 0.05) is 90.7 Å². The first kappa shape index (κ1) is 39.2. The molecule has 0 bridgehead atoms. The van der Waals surface area contributed by atoms with Crippen molar-refractivity contribution in [3.8, 4) is 22.5 Å². The molecular weight excluding hydrogens is 833 g/mol. The Labute approximate surface area is 362 Å². The Bertz CT molecular complexity index is 2890. The van der Waals surface area contributed by atoms with Crippen LogP contribution in [0.4, 0.5) is 28.4 Å². The summed E-state index contributed by atoms with van der Waals surface area (Å²) in [5.41, 5.74) is 6.73. The van der Waals surface area contributed by atoms with Gasteiger partial charge in [-0.25, -0.2) is 27.5 Å². The zero-order chi connectivity index (χ0) is 42.9. The van der Waals surface area contributed by atoms with Crippen LogP contribution in [-0.2, 0) is 30.7 Å². The van der Waals surface area contributed by atoms with Crippen LogP contribution in [0.2, 0.25) is 0 Å². The van der Waals surface area contributed by atoms with Crippen LogP contribution in [0.1, 0.15) is 75.4 Å². The maximum atomic E-state index is 14.7. The molecule has 3 atom stereocenters. The molecule has 3 N–H and O–H groups in total. The lowest BCUT2D eigenvalue weighted by Gasteiger charge is -2.36. The molecule has 1 saturated heterocycles. The van der Waals surface area contributed by atoms with Crippen LogP contribution in [0.25, 0.3) is 32.9 Å². The van der Waals surface area contributed by atoms with Crippen molar-refractivity contribution in [1.82, 2.24) is 40.3 Å². The van der Waals surface area contributed by atoms with Crippen molar-refractivity contribution in [2.75, 3.05) is 36.0 Å². The predicted molar refractivity (Wildman–Crippen MR) is 230 cm³/mol.